The lowest BCUT2D eigenvalue weighted by molar-refractivity contribution is 0.277. The largest absolute Gasteiger partial charge is 0.493 e. The Bertz CT molecular complexity index is 353. The van der Waals surface area contributed by atoms with Crippen molar-refractivity contribution in [2.75, 3.05) is 27.2 Å². The average Bonchev–Trinajstić information content (AvgIpc) is 2.23. The van der Waals surface area contributed by atoms with Crippen LogP contribution in [0, 0.1) is 5.82 Å². The number of hydrogen-bond acceptors (Lipinski definition) is 3. The molecule has 0 bridgehead atoms. The van der Waals surface area contributed by atoms with Gasteiger partial charge in [-0.1, -0.05) is 6.07 Å². The molecule has 1 aromatic rings. The zero-order valence-corrected chi connectivity index (χ0v) is 10.7. The number of rotatable bonds is 6. The first-order valence-electron chi connectivity index (χ1n) is 5.83. The topological polar surface area (TPSA) is 38.5 Å². The number of halogens is 1. The Morgan fingerprint density at radius 2 is 2.12 bits per heavy atom. The minimum absolute atomic E-state index is 0.153. The van der Waals surface area contributed by atoms with E-state index < -0.39 is 0 Å². The lowest BCUT2D eigenvalue weighted by Crippen LogP contribution is -2.16. The van der Waals surface area contributed by atoms with Gasteiger partial charge in [-0.2, -0.15) is 0 Å². The van der Waals surface area contributed by atoms with Crippen LogP contribution in [0.4, 0.5) is 4.39 Å². The summed E-state index contributed by atoms with van der Waals surface area (Å²) in [6.07, 6.45) is 0.905. The van der Waals surface area contributed by atoms with E-state index in [4.69, 9.17) is 10.5 Å². The predicted molar refractivity (Wildman–Crippen MR) is 67.7 cm³/mol. The molecule has 17 heavy (non-hydrogen) atoms. The van der Waals surface area contributed by atoms with Gasteiger partial charge in [-0.05, 0) is 33.5 Å². The van der Waals surface area contributed by atoms with E-state index in [1.165, 1.54) is 12.1 Å². The zero-order valence-electron chi connectivity index (χ0n) is 10.7. The molecule has 1 rings (SSSR count). The molecule has 0 radical (unpaired) electrons. The van der Waals surface area contributed by atoms with E-state index in [-0.39, 0.29) is 11.9 Å². The second-order valence-corrected chi connectivity index (χ2v) is 4.48. The third-order valence-electron chi connectivity index (χ3n) is 2.47. The fourth-order valence-corrected chi connectivity index (χ4v) is 1.57. The van der Waals surface area contributed by atoms with Gasteiger partial charge in [-0.3, -0.25) is 0 Å². The van der Waals surface area contributed by atoms with Crippen molar-refractivity contribution in [1.29, 1.82) is 0 Å². The number of ether oxygens (including phenoxy) is 1. The molecule has 0 heterocycles. The summed E-state index contributed by atoms with van der Waals surface area (Å²) >= 11 is 0. The highest BCUT2D eigenvalue weighted by Gasteiger charge is 2.09. The summed E-state index contributed by atoms with van der Waals surface area (Å²) in [7, 11) is 4.02. The molecular formula is C13H21FN2O. The van der Waals surface area contributed by atoms with Crippen LogP contribution in [0.3, 0.4) is 0 Å². The normalized spacial score (nSPS) is 12.8. The van der Waals surface area contributed by atoms with Gasteiger partial charge in [0.05, 0.1) is 6.61 Å². The van der Waals surface area contributed by atoms with Gasteiger partial charge in [0, 0.05) is 24.2 Å². The SMILES string of the molecule is CC(N)c1ccc(F)cc1OCCCN(C)C. The molecule has 0 aliphatic rings. The Labute approximate surface area is 102 Å². The van der Waals surface area contributed by atoms with Gasteiger partial charge >= 0.3 is 0 Å². The number of hydrogen-bond donors (Lipinski definition) is 1. The van der Waals surface area contributed by atoms with Crippen LogP contribution in [0.25, 0.3) is 0 Å². The Kier molecular flexibility index (Phi) is 5.38. The van der Waals surface area contributed by atoms with Crippen LogP contribution < -0.4 is 10.5 Å². The molecule has 0 aliphatic heterocycles. The van der Waals surface area contributed by atoms with Crippen molar-refractivity contribution in [3.8, 4) is 5.75 Å². The summed E-state index contributed by atoms with van der Waals surface area (Å²) in [5.41, 5.74) is 6.65. The second kappa shape index (κ2) is 6.57. The molecule has 1 unspecified atom stereocenters. The monoisotopic (exact) mass is 240 g/mol. The summed E-state index contributed by atoms with van der Waals surface area (Å²) in [6.45, 7) is 3.38. The fraction of sp³-hybridized carbons (Fsp3) is 0.538. The quantitative estimate of drug-likeness (QED) is 0.774. The molecule has 0 amide bonds. The van der Waals surface area contributed by atoms with Crippen molar-refractivity contribution in [3.63, 3.8) is 0 Å². The Morgan fingerprint density at radius 1 is 1.41 bits per heavy atom. The molecule has 0 saturated heterocycles. The van der Waals surface area contributed by atoms with Crippen LogP contribution in [-0.4, -0.2) is 32.1 Å². The minimum atomic E-state index is -0.294. The maximum Gasteiger partial charge on any atom is 0.126 e. The van der Waals surface area contributed by atoms with Crippen LogP contribution in [0.2, 0.25) is 0 Å². The van der Waals surface area contributed by atoms with E-state index in [1.807, 2.05) is 21.0 Å². The van der Waals surface area contributed by atoms with Gasteiger partial charge in [-0.25, -0.2) is 4.39 Å². The lowest BCUT2D eigenvalue weighted by Gasteiger charge is -2.15. The van der Waals surface area contributed by atoms with Gasteiger partial charge in [0.1, 0.15) is 11.6 Å². The highest BCUT2D eigenvalue weighted by molar-refractivity contribution is 5.36. The van der Waals surface area contributed by atoms with Crippen LogP contribution in [-0.2, 0) is 0 Å². The molecule has 0 aromatic heterocycles. The van der Waals surface area contributed by atoms with E-state index in [9.17, 15) is 4.39 Å². The van der Waals surface area contributed by atoms with Gasteiger partial charge in [0.15, 0.2) is 0 Å². The molecule has 4 heteroatoms. The molecule has 96 valence electrons. The highest BCUT2D eigenvalue weighted by atomic mass is 19.1. The Balaban J connectivity index is 2.59. The molecular weight excluding hydrogens is 219 g/mol. The molecule has 0 fully saturated rings. The van der Waals surface area contributed by atoms with Crippen LogP contribution in [0.5, 0.6) is 5.75 Å². The van der Waals surface area contributed by atoms with Crippen molar-refractivity contribution >= 4 is 0 Å². The summed E-state index contributed by atoms with van der Waals surface area (Å²) in [5.74, 6) is 0.260. The Hall–Kier alpha value is -1.13. The summed E-state index contributed by atoms with van der Waals surface area (Å²) < 4.78 is 18.7. The summed E-state index contributed by atoms with van der Waals surface area (Å²) in [4.78, 5) is 2.08. The maximum absolute atomic E-state index is 13.1. The fourth-order valence-electron chi connectivity index (χ4n) is 1.57. The molecule has 0 aliphatic carbocycles. The smallest absolute Gasteiger partial charge is 0.126 e. The minimum Gasteiger partial charge on any atom is -0.493 e. The van der Waals surface area contributed by atoms with Crippen molar-refractivity contribution in [1.82, 2.24) is 4.90 Å². The third-order valence-corrected chi connectivity index (χ3v) is 2.47. The van der Waals surface area contributed by atoms with Crippen LogP contribution in [0.1, 0.15) is 24.9 Å². The first-order valence-corrected chi connectivity index (χ1v) is 5.83. The van der Waals surface area contributed by atoms with E-state index >= 15 is 0 Å². The molecule has 0 spiro atoms. The molecule has 1 aromatic carbocycles. The van der Waals surface area contributed by atoms with Gasteiger partial charge in [-0.15, -0.1) is 0 Å². The molecule has 2 N–H and O–H groups in total. The Morgan fingerprint density at radius 3 is 2.71 bits per heavy atom. The van der Waals surface area contributed by atoms with E-state index in [2.05, 4.69) is 4.90 Å². The standard InChI is InChI=1S/C13H21FN2O/c1-10(15)12-6-5-11(14)9-13(12)17-8-4-7-16(2)3/h5-6,9-10H,4,7-8,15H2,1-3H3. The predicted octanol–water partition coefficient (Wildman–Crippen LogP) is 2.18. The van der Waals surface area contributed by atoms with Gasteiger partial charge in [0.25, 0.3) is 0 Å². The zero-order chi connectivity index (χ0) is 12.8. The van der Waals surface area contributed by atoms with E-state index in [0.29, 0.717) is 12.4 Å². The molecule has 3 nitrogen and oxygen atoms in total. The first-order chi connectivity index (χ1) is 8.00. The van der Waals surface area contributed by atoms with E-state index in [0.717, 1.165) is 18.5 Å². The number of nitrogens with zero attached hydrogens (tertiary/aromatic N) is 1. The van der Waals surface area contributed by atoms with Crippen molar-refractivity contribution in [2.45, 2.75) is 19.4 Å². The van der Waals surface area contributed by atoms with Crippen molar-refractivity contribution in [2.24, 2.45) is 5.73 Å². The molecule has 0 saturated carbocycles. The summed E-state index contributed by atoms with van der Waals surface area (Å²) in [5, 5.41) is 0. The van der Waals surface area contributed by atoms with Gasteiger partial charge < -0.3 is 15.4 Å². The second-order valence-electron chi connectivity index (χ2n) is 4.48. The maximum atomic E-state index is 13.1. The highest BCUT2D eigenvalue weighted by Crippen LogP contribution is 2.24. The number of nitrogens with two attached hydrogens (primary N) is 1. The lowest BCUT2D eigenvalue weighted by atomic mass is 10.1. The average molecular weight is 240 g/mol. The van der Waals surface area contributed by atoms with Crippen molar-refractivity contribution < 1.29 is 9.13 Å². The van der Waals surface area contributed by atoms with Crippen LogP contribution in [0.15, 0.2) is 18.2 Å². The number of benzene rings is 1. The van der Waals surface area contributed by atoms with Crippen molar-refractivity contribution in [3.05, 3.63) is 29.6 Å². The first kappa shape index (κ1) is 13.9. The van der Waals surface area contributed by atoms with Crippen LogP contribution >= 0.6 is 0 Å². The molecule has 1 atom stereocenters. The summed E-state index contributed by atoms with van der Waals surface area (Å²) in [6, 6.07) is 4.33. The third kappa shape index (κ3) is 4.71. The van der Waals surface area contributed by atoms with Gasteiger partial charge in [0.2, 0.25) is 0 Å². The van der Waals surface area contributed by atoms with E-state index in [1.54, 1.807) is 6.07 Å².